The molecule has 3 heterocycles. The Labute approximate surface area is 149 Å². The number of hydrogen-bond acceptors (Lipinski definition) is 6. The van der Waals surface area contributed by atoms with E-state index in [-0.39, 0.29) is 35.8 Å². The average Bonchev–Trinajstić information content (AvgIpc) is 2.67. The molecule has 26 heavy (non-hydrogen) atoms. The van der Waals surface area contributed by atoms with Gasteiger partial charge in [-0.15, -0.1) is 0 Å². The molecule has 0 saturated carbocycles. The van der Waals surface area contributed by atoms with E-state index in [1.54, 1.807) is 4.90 Å². The first-order valence-electron chi connectivity index (χ1n) is 8.70. The van der Waals surface area contributed by atoms with Crippen LogP contribution in [0.15, 0.2) is 15.8 Å². The van der Waals surface area contributed by atoms with Gasteiger partial charge in [-0.2, -0.15) is 0 Å². The highest BCUT2D eigenvalue weighted by Gasteiger charge is 2.33. The van der Waals surface area contributed by atoms with Crippen LogP contribution in [-0.2, 0) is 20.9 Å². The molecular formula is C16H23N5O5. The van der Waals surface area contributed by atoms with Crippen LogP contribution >= 0.6 is 0 Å². The van der Waals surface area contributed by atoms with Gasteiger partial charge in [-0.1, -0.05) is 0 Å². The van der Waals surface area contributed by atoms with Gasteiger partial charge in [0.05, 0.1) is 30.6 Å². The Bertz CT molecular complexity index is 767. The predicted octanol–water partition coefficient (Wildman–Crippen LogP) is -2.24. The number of aromatic amines is 2. The normalized spacial score (nSPS) is 23.5. The van der Waals surface area contributed by atoms with Crippen LogP contribution in [0.25, 0.3) is 0 Å². The van der Waals surface area contributed by atoms with Crippen LogP contribution in [0.2, 0.25) is 0 Å². The topological polar surface area (TPSA) is 136 Å². The van der Waals surface area contributed by atoms with Crippen LogP contribution < -0.4 is 21.9 Å². The number of H-pyrrole nitrogens is 2. The largest absolute Gasteiger partial charge is 0.378 e. The van der Waals surface area contributed by atoms with Crippen molar-refractivity contribution in [2.45, 2.75) is 13.0 Å². The fraction of sp³-hybridized carbons (Fsp3) is 0.625. The third kappa shape index (κ3) is 4.38. The molecule has 2 aliphatic heterocycles. The maximum absolute atomic E-state index is 12.6. The van der Waals surface area contributed by atoms with Crippen LogP contribution in [0.3, 0.4) is 0 Å². The number of aromatic nitrogens is 2. The average molecular weight is 365 g/mol. The molecule has 0 aliphatic carbocycles. The standard InChI is InChI=1S/C16H23N5O5/c22-13(18-8-12-9-19-16(25)20-14(12)23)10-5-11(7-17-6-10)15(24)21-1-3-26-4-2-21/h9-11,17H,1-8H2,(H,18,22)(H2,19,20,23,25)/t10-,11+/m1/s1. The van der Waals surface area contributed by atoms with Crippen molar-refractivity contribution in [3.8, 4) is 0 Å². The Morgan fingerprint density at radius 1 is 1.19 bits per heavy atom. The summed E-state index contributed by atoms with van der Waals surface area (Å²) < 4.78 is 5.26. The van der Waals surface area contributed by atoms with E-state index < -0.39 is 11.2 Å². The smallest absolute Gasteiger partial charge is 0.325 e. The lowest BCUT2D eigenvalue weighted by molar-refractivity contribution is -0.141. The van der Waals surface area contributed by atoms with Gasteiger partial charge in [0, 0.05) is 38.9 Å². The third-order valence-corrected chi connectivity index (χ3v) is 4.74. The Kier molecular flexibility index (Phi) is 5.84. The zero-order valence-electron chi connectivity index (χ0n) is 14.4. The molecule has 3 rings (SSSR count). The van der Waals surface area contributed by atoms with Gasteiger partial charge in [-0.25, -0.2) is 4.79 Å². The number of carbonyl (C=O) groups excluding carboxylic acids is 2. The summed E-state index contributed by atoms with van der Waals surface area (Å²) in [4.78, 5) is 53.9. The van der Waals surface area contributed by atoms with Crippen LogP contribution in [0.5, 0.6) is 0 Å². The first-order valence-corrected chi connectivity index (χ1v) is 8.70. The SMILES string of the molecule is O=C(NCc1c[nH]c(=O)[nH]c1=O)[C@H]1CNC[C@@H](C(=O)N2CCOCC2)C1. The molecule has 0 unspecified atom stereocenters. The third-order valence-electron chi connectivity index (χ3n) is 4.74. The highest BCUT2D eigenvalue weighted by molar-refractivity contribution is 5.83. The van der Waals surface area contributed by atoms with E-state index in [1.165, 1.54) is 6.20 Å². The first kappa shape index (κ1) is 18.3. The van der Waals surface area contributed by atoms with Gasteiger partial charge < -0.3 is 25.3 Å². The van der Waals surface area contributed by atoms with E-state index in [9.17, 15) is 19.2 Å². The molecule has 0 radical (unpaired) electrons. The molecule has 0 spiro atoms. The minimum absolute atomic E-state index is 0.0174. The number of ether oxygens (including phenoxy) is 1. The van der Waals surface area contributed by atoms with E-state index in [0.717, 1.165) is 0 Å². The molecule has 4 N–H and O–H groups in total. The van der Waals surface area contributed by atoms with Gasteiger partial charge in [-0.05, 0) is 6.42 Å². The highest BCUT2D eigenvalue weighted by Crippen LogP contribution is 2.19. The van der Waals surface area contributed by atoms with Gasteiger partial charge in [0.2, 0.25) is 11.8 Å². The molecule has 142 valence electrons. The van der Waals surface area contributed by atoms with Crippen molar-refractivity contribution in [3.05, 3.63) is 32.6 Å². The lowest BCUT2D eigenvalue weighted by atomic mass is 9.88. The molecule has 10 nitrogen and oxygen atoms in total. The molecule has 0 aromatic carbocycles. The highest BCUT2D eigenvalue weighted by atomic mass is 16.5. The zero-order valence-corrected chi connectivity index (χ0v) is 14.4. The molecule has 1 aromatic heterocycles. The fourth-order valence-electron chi connectivity index (χ4n) is 3.27. The van der Waals surface area contributed by atoms with Crippen LogP contribution in [0.1, 0.15) is 12.0 Å². The summed E-state index contributed by atoms with van der Waals surface area (Å²) in [6.07, 6.45) is 1.75. The maximum Gasteiger partial charge on any atom is 0.325 e. The summed E-state index contributed by atoms with van der Waals surface area (Å²) in [6.45, 7) is 3.32. The van der Waals surface area contributed by atoms with Crippen molar-refractivity contribution < 1.29 is 14.3 Å². The summed E-state index contributed by atoms with van der Waals surface area (Å²) in [5.41, 5.74) is -0.857. The summed E-state index contributed by atoms with van der Waals surface area (Å²) in [5.74, 6) is -0.757. The Hall–Kier alpha value is -2.46. The van der Waals surface area contributed by atoms with Crippen molar-refractivity contribution in [2.75, 3.05) is 39.4 Å². The van der Waals surface area contributed by atoms with Gasteiger partial charge in [0.15, 0.2) is 0 Å². The van der Waals surface area contributed by atoms with E-state index >= 15 is 0 Å². The number of rotatable bonds is 4. The molecule has 2 fully saturated rings. The maximum atomic E-state index is 12.6. The molecule has 2 aliphatic rings. The van der Waals surface area contributed by atoms with Crippen LogP contribution in [0.4, 0.5) is 0 Å². The Morgan fingerprint density at radius 3 is 2.65 bits per heavy atom. The molecule has 1 aromatic rings. The monoisotopic (exact) mass is 365 g/mol. The minimum atomic E-state index is -0.592. The van der Waals surface area contributed by atoms with E-state index in [0.29, 0.717) is 45.8 Å². The molecule has 10 heteroatoms. The Morgan fingerprint density at radius 2 is 1.92 bits per heavy atom. The number of morpholine rings is 1. The number of carbonyl (C=O) groups is 2. The van der Waals surface area contributed by atoms with Crippen molar-refractivity contribution in [3.63, 3.8) is 0 Å². The van der Waals surface area contributed by atoms with Gasteiger partial charge in [-0.3, -0.25) is 19.4 Å². The van der Waals surface area contributed by atoms with Crippen molar-refractivity contribution >= 4 is 11.8 Å². The van der Waals surface area contributed by atoms with Gasteiger partial charge in [0.25, 0.3) is 5.56 Å². The van der Waals surface area contributed by atoms with E-state index in [1.807, 2.05) is 0 Å². The number of hydrogen-bond donors (Lipinski definition) is 4. The number of piperidine rings is 1. The fourth-order valence-corrected chi connectivity index (χ4v) is 3.27. The van der Waals surface area contributed by atoms with E-state index in [4.69, 9.17) is 4.74 Å². The molecule has 2 amide bonds. The number of nitrogens with one attached hydrogen (secondary N) is 4. The summed E-state index contributed by atoms with van der Waals surface area (Å²) >= 11 is 0. The van der Waals surface area contributed by atoms with Crippen LogP contribution in [-0.4, -0.2) is 66.1 Å². The van der Waals surface area contributed by atoms with Crippen molar-refractivity contribution in [2.24, 2.45) is 11.8 Å². The lowest BCUT2D eigenvalue weighted by Gasteiger charge is -2.34. The van der Waals surface area contributed by atoms with Crippen molar-refractivity contribution in [1.82, 2.24) is 25.5 Å². The quantitative estimate of drug-likeness (QED) is 0.476. The molecule has 0 bridgehead atoms. The summed E-state index contributed by atoms with van der Waals surface area (Å²) in [6, 6.07) is 0. The molecule has 2 atom stereocenters. The second kappa shape index (κ2) is 8.28. The van der Waals surface area contributed by atoms with Crippen LogP contribution in [0, 0.1) is 11.8 Å². The molecular weight excluding hydrogens is 342 g/mol. The summed E-state index contributed by atoms with van der Waals surface area (Å²) in [5, 5.41) is 5.85. The second-order valence-corrected chi connectivity index (χ2v) is 6.54. The minimum Gasteiger partial charge on any atom is -0.378 e. The number of nitrogens with zero attached hydrogens (tertiary/aromatic N) is 1. The predicted molar refractivity (Wildman–Crippen MR) is 91.4 cm³/mol. The number of amides is 2. The summed E-state index contributed by atoms with van der Waals surface area (Å²) in [7, 11) is 0. The first-order chi connectivity index (χ1) is 12.5. The van der Waals surface area contributed by atoms with Crippen molar-refractivity contribution in [1.29, 1.82) is 0 Å². The van der Waals surface area contributed by atoms with Gasteiger partial charge in [0.1, 0.15) is 0 Å². The Balaban J connectivity index is 1.54. The molecule has 2 saturated heterocycles. The lowest BCUT2D eigenvalue weighted by Crippen LogP contribution is -2.51. The van der Waals surface area contributed by atoms with E-state index in [2.05, 4.69) is 20.6 Å². The van der Waals surface area contributed by atoms with Gasteiger partial charge >= 0.3 is 5.69 Å². The zero-order chi connectivity index (χ0) is 18.5. The second-order valence-electron chi connectivity index (χ2n) is 6.54.